The van der Waals surface area contributed by atoms with E-state index in [-0.39, 0.29) is 12.0 Å². The van der Waals surface area contributed by atoms with Crippen molar-refractivity contribution in [2.24, 2.45) is 0 Å². The molecule has 0 bridgehead atoms. The molecule has 0 saturated heterocycles. The van der Waals surface area contributed by atoms with Gasteiger partial charge in [-0.1, -0.05) is 6.92 Å². The molecule has 0 amide bonds. The van der Waals surface area contributed by atoms with E-state index < -0.39 is 0 Å². The molecule has 1 rings (SSSR count). The Morgan fingerprint density at radius 1 is 1.50 bits per heavy atom. The number of nitrogens with zero attached hydrogens (tertiary/aromatic N) is 1. The maximum atomic E-state index is 11.8. The van der Waals surface area contributed by atoms with Gasteiger partial charge in [0.05, 0.1) is 19.3 Å². The number of esters is 1. The molecule has 100 valence electrons. The lowest BCUT2D eigenvalue weighted by Crippen LogP contribution is -2.26. The first-order valence-electron chi connectivity index (χ1n) is 6.10. The third-order valence-corrected chi connectivity index (χ3v) is 2.50. The topological polar surface area (TPSA) is 60.5 Å². The van der Waals surface area contributed by atoms with E-state index in [1.807, 2.05) is 6.92 Å². The zero-order valence-corrected chi connectivity index (χ0v) is 11.1. The highest BCUT2D eigenvalue weighted by molar-refractivity contribution is 5.94. The summed E-state index contributed by atoms with van der Waals surface area (Å²) >= 11 is 0. The van der Waals surface area contributed by atoms with Crippen LogP contribution in [0.5, 0.6) is 0 Å². The van der Waals surface area contributed by atoms with Gasteiger partial charge in [0.25, 0.3) is 0 Å². The summed E-state index contributed by atoms with van der Waals surface area (Å²) in [5.74, 6) is 0.181. The first kappa shape index (κ1) is 14.4. The van der Waals surface area contributed by atoms with Crippen molar-refractivity contribution in [3.63, 3.8) is 0 Å². The van der Waals surface area contributed by atoms with E-state index >= 15 is 0 Å². The zero-order chi connectivity index (χ0) is 13.4. The van der Waals surface area contributed by atoms with E-state index in [9.17, 15) is 4.79 Å². The summed E-state index contributed by atoms with van der Waals surface area (Å²) in [4.78, 5) is 15.9. The minimum absolute atomic E-state index is 0.123. The largest absolute Gasteiger partial charge is 0.462 e. The van der Waals surface area contributed by atoms with Crippen LogP contribution in [-0.4, -0.2) is 37.3 Å². The summed E-state index contributed by atoms with van der Waals surface area (Å²) in [6, 6.07) is 3.54. The first-order valence-corrected chi connectivity index (χ1v) is 6.10. The average Bonchev–Trinajstić information content (AvgIpc) is 2.39. The molecule has 18 heavy (non-hydrogen) atoms. The molecule has 1 aromatic rings. The maximum Gasteiger partial charge on any atom is 0.341 e. The third-order valence-electron chi connectivity index (χ3n) is 2.50. The lowest BCUT2D eigenvalue weighted by molar-refractivity contribution is 0.0527. The molecule has 0 aliphatic rings. The van der Waals surface area contributed by atoms with Gasteiger partial charge in [0.2, 0.25) is 0 Å². The van der Waals surface area contributed by atoms with Crippen LogP contribution in [0.1, 0.15) is 30.6 Å². The number of carbonyl (C=O) groups is 1. The molecule has 1 heterocycles. The van der Waals surface area contributed by atoms with Crippen LogP contribution < -0.4 is 5.32 Å². The fraction of sp³-hybridized carbons (Fsp3) is 0.538. The van der Waals surface area contributed by atoms with E-state index in [0.29, 0.717) is 24.6 Å². The number of carbonyl (C=O) groups excluding carboxylic acids is 1. The van der Waals surface area contributed by atoms with Gasteiger partial charge in [0.1, 0.15) is 11.4 Å². The van der Waals surface area contributed by atoms with Gasteiger partial charge in [0, 0.05) is 13.3 Å². The van der Waals surface area contributed by atoms with E-state index in [4.69, 9.17) is 9.47 Å². The number of aromatic nitrogens is 1. The summed E-state index contributed by atoms with van der Waals surface area (Å²) in [5.41, 5.74) is 0.453. The Labute approximate surface area is 108 Å². The lowest BCUT2D eigenvalue weighted by atomic mass is 10.2. The molecule has 0 aromatic carbocycles. The third kappa shape index (κ3) is 4.00. The van der Waals surface area contributed by atoms with Gasteiger partial charge >= 0.3 is 5.97 Å². The van der Waals surface area contributed by atoms with E-state index in [1.165, 1.54) is 0 Å². The molecule has 0 fully saturated rings. The summed E-state index contributed by atoms with van der Waals surface area (Å²) < 4.78 is 10.1. The second-order valence-corrected chi connectivity index (χ2v) is 3.82. The van der Waals surface area contributed by atoms with Crippen LogP contribution in [-0.2, 0) is 9.47 Å². The predicted molar refractivity (Wildman–Crippen MR) is 69.8 cm³/mol. The Balaban J connectivity index is 2.84. The number of hydrogen-bond acceptors (Lipinski definition) is 5. The van der Waals surface area contributed by atoms with Crippen molar-refractivity contribution in [3.05, 3.63) is 23.9 Å². The molecule has 5 nitrogen and oxygen atoms in total. The van der Waals surface area contributed by atoms with Crippen LogP contribution in [0.2, 0.25) is 0 Å². The number of anilines is 1. The second kappa shape index (κ2) is 7.66. The molecule has 0 spiro atoms. The van der Waals surface area contributed by atoms with Crippen molar-refractivity contribution >= 4 is 11.8 Å². The molecule has 0 aliphatic carbocycles. The molecule has 0 radical (unpaired) electrons. The smallest absolute Gasteiger partial charge is 0.341 e. The Hall–Kier alpha value is -1.62. The summed E-state index contributed by atoms with van der Waals surface area (Å²) in [6.07, 6.45) is 2.53. The van der Waals surface area contributed by atoms with Crippen molar-refractivity contribution in [2.45, 2.75) is 26.3 Å². The predicted octanol–water partition coefficient (Wildman–Crippen LogP) is 2.10. The molecule has 1 aromatic heterocycles. The summed E-state index contributed by atoms with van der Waals surface area (Å²) in [7, 11) is 1.65. The van der Waals surface area contributed by atoms with Crippen molar-refractivity contribution < 1.29 is 14.3 Å². The normalized spacial score (nSPS) is 11.9. The van der Waals surface area contributed by atoms with Crippen molar-refractivity contribution in [3.8, 4) is 0 Å². The Bertz CT molecular complexity index is 382. The average molecular weight is 252 g/mol. The van der Waals surface area contributed by atoms with E-state index in [0.717, 1.165) is 6.42 Å². The highest BCUT2D eigenvalue weighted by Gasteiger charge is 2.15. The fourth-order valence-electron chi connectivity index (χ4n) is 1.55. The monoisotopic (exact) mass is 252 g/mol. The number of methoxy groups -OCH3 is 1. The highest BCUT2D eigenvalue weighted by Crippen LogP contribution is 2.15. The number of ether oxygens (including phenoxy) is 2. The van der Waals surface area contributed by atoms with Gasteiger partial charge in [-0.05, 0) is 25.5 Å². The van der Waals surface area contributed by atoms with Crippen LogP contribution >= 0.6 is 0 Å². The van der Waals surface area contributed by atoms with Gasteiger partial charge in [-0.25, -0.2) is 9.78 Å². The van der Waals surface area contributed by atoms with Crippen molar-refractivity contribution in [1.29, 1.82) is 0 Å². The summed E-state index contributed by atoms with van der Waals surface area (Å²) in [5, 5.41) is 3.20. The van der Waals surface area contributed by atoms with E-state index in [2.05, 4.69) is 10.3 Å². The SMILES string of the molecule is CCOC(=O)c1cccnc1NC(CC)COC. The van der Waals surface area contributed by atoms with Gasteiger partial charge in [-0.2, -0.15) is 0 Å². The number of nitrogens with one attached hydrogen (secondary N) is 1. The number of hydrogen-bond donors (Lipinski definition) is 1. The molecular weight excluding hydrogens is 232 g/mol. The number of pyridine rings is 1. The molecular formula is C13H20N2O3. The van der Waals surface area contributed by atoms with Crippen molar-refractivity contribution in [2.75, 3.05) is 25.6 Å². The maximum absolute atomic E-state index is 11.8. The van der Waals surface area contributed by atoms with Gasteiger partial charge in [-0.15, -0.1) is 0 Å². The van der Waals surface area contributed by atoms with Crippen LogP contribution in [0.25, 0.3) is 0 Å². The second-order valence-electron chi connectivity index (χ2n) is 3.82. The lowest BCUT2D eigenvalue weighted by Gasteiger charge is -2.18. The molecule has 1 N–H and O–H groups in total. The van der Waals surface area contributed by atoms with Crippen LogP contribution in [0.4, 0.5) is 5.82 Å². The zero-order valence-electron chi connectivity index (χ0n) is 11.1. The summed E-state index contributed by atoms with van der Waals surface area (Å²) in [6.45, 7) is 4.74. The van der Waals surface area contributed by atoms with Gasteiger partial charge in [-0.3, -0.25) is 0 Å². The molecule has 5 heteroatoms. The Morgan fingerprint density at radius 3 is 2.89 bits per heavy atom. The molecule has 1 atom stereocenters. The van der Waals surface area contributed by atoms with E-state index in [1.54, 1.807) is 32.4 Å². The molecule has 0 aliphatic heterocycles. The molecule has 0 saturated carbocycles. The standard InChI is InChI=1S/C13H20N2O3/c1-4-10(9-17-3)15-12-11(7-6-8-14-12)13(16)18-5-2/h6-8,10H,4-5,9H2,1-3H3,(H,14,15). The van der Waals surface area contributed by atoms with Gasteiger partial charge in [0.15, 0.2) is 0 Å². The van der Waals surface area contributed by atoms with Crippen LogP contribution in [0, 0.1) is 0 Å². The minimum atomic E-state index is -0.361. The van der Waals surface area contributed by atoms with Crippen LogP contribution in [0.15, 0.2) is 18.3 Å². The van der Waals surface area contributed by atoms with Crippen LogP contribution in [0.3, 0.4) is 0 Å². The van der Waals surface area contributed by atoms with Crippen molar-refractivity contribution in [1.82, 2.24) is 4.98 Å². The highest BCUT2D eigenvalue weighted by atomic mass is 16.5. The quantitative estimate of drug-likeness (QED) is 0.753. The Kier molecular flexibility index (Phi) is 6.14. The first-order chi connectivity index (χ1) is 8.72. The minimum Gasteiger partial charge on any atom is -0.462 e. The number of rotatable bonds is 7. The Morgan fingerprint density at radius 2 is 2.28 bits per heavy atom. The molecule has 1 unspecified atom stereocenters. The fourth-order valence-corrected chi connectivity index (χ4v) is 1.55. The van der Waals surface area contributed by atoms with Gasteiger partial charge < -0.3 is 14.8 Å².